The average Bonchev–Trinajstić information content (AvgIpc) is 3.30. The van der Waals surface area contributed by atoms with Crippen molar-refractivity contribution in [1.82, 2.24) is 19.7 Å². The van der Waals surface area contributed by atoms with Crippen molar-refractivity contribution in [2.75, 3.05) is 0 Å². The molecule has 1 N–H and O–H groups in total. The molecule has 5 heteroatoms. The molecule has 5 nitrogen and oxygen atoms in total. The zero-order valence-corrected chi connectivity index (χ0v) is 13.1. The van der Waals surface area contributed by atoms with Gasteiger partial charge in [0.15, 0.2) is 0 Å². The summed E-state index contributed by atoms with van der Waals surface area (Å²) in [4.78, 5) is 7.45. The molecule has 0 aliphatic carbocycles. The number of H-pyrrole nitrogens is 1. The number of fused-ring (bicyclic) bond motifs is 1. The second kappa shape index (κ2) is 5.67. The van der Waals surface area contributed by atoms with Crippen LogP contribution < -0.4 is 0 Å². The highest BCUT2D eigenvalue weighted by Gasteiger charge is 2.12. The summed E-state index contributed by atoms with van der Waals surface area (Å²) in [5, 5.41) is 14.7. The lowest BCUT2D eigenvalue weighted by Gasteiger charge is -2.12. The van der Waals surface area contributed by atoms with Gasteiger partial charge in [-0.25, -0.2) is 4.98 Å². The van der Waals surface area contributed by atoms with E-state index in [1.54, 1.807) is 6.20 Å². The molecule has 0 saturated heterocycles. The van der Waals surface area contributed by atoms with E-state index in [1.807, 2.05) is 59.7 Å². The van der Waals surface area contributed by atoms with Crippen LogP contribution in [0.15, 0.2) is 61.2 Å². The van der Waals surface area contributed by atoms with Gasteiger partial charge in [0, 0.05) is 29.5 Å². The van der Waals surface area contributed by atoms with E-state index in [4.69, 9.17) is 5.26 Å². The molecule has 0 bridgehead atoms. The van der Waals surface area contributed by atoms with Crippen LogP contribution in [-0.2, 0) is 0 Å². The third kappa shape index (κ3) is 2.34. The molecule has 0 fully saturated rings. The molecule has 0 amide bonds. The zero-order chi connectivity index (χ0) is 16.5. The summed E-state index contributed by atoms with van der Waals surface area (Å²) in [6.45, 7) is 2.08. The largest absolute Gasteiger partial charge is 0.346 e. The number of nitrogens with zero attached hydrogens (tertiary/aromatic N) is 4. The zero-order valence-electron chi connectivity index (χ0n) is 13.1. The number of aromatic nitrogens is 4. The Kier molecular flexibility index (Phi) is 3.36. The summed E-state index contributed by atoms with van der Waals surface area (Å²) in [6.07, 6.45) is 7.59. The lowest BCUT2D eigenvalue weighted by Crippen LogP contribution is -2.07. The lowest BCUT2D eigenvalue weighted by atomic mass is 10.1. The van der Waals surface area contributed by atoms with Gasteiger partial charge in [-0.05, 0) is 42.3 Å². The summed E-state index contributed by atoms with van der Waals surface area (Å²) in [5.74, 6) is 0. The first-order valence-electron chi connectivity index (χ1n) is 7.73. The van der Waals surface area contributed by atoms with Crippen molar-refractivity contribution in [1.29, 1.82) is 5.26 Å². The fourth-order valence-corrected chi connectivity index (χ4v) is 2.92. The highest BCUT2D eigenvalue weighted by Crippen LogP contribution is 2.28. The van der Waals surface area contributed by atoms with Gasteiger partial charge >= 0.3 is 0 Å². The molecule has 24 heavy (non-hydrogen) atoms. The van der Waals surface area contributed by atoms with Gasteiger partial charge in [0.1, 0.15) is 5.65 Å². The van der Waals surface area contributed by atoms with Gasteiger partial charge in [-0.2, -0.15) is 10.4 Å². The van der Waals surface area contributed by atoms with Gasteiger partial charge in [0.2, 0.25) is 0 Å². The minimum Gasteiger partial charge on any atom is -0.346 e. The number of benzene rings is 1. The highest BCUT2D eigenvalue weighted by atomic mass is 15.3. The standard InChI is InChI=1S/C19H15N5/c1-13(15-4-2-3-14(9-15)10-20)24-12-16(11-23-24)17-5-7-21-19-18(17)6-8-22-19/h2-9,11-13H,1H3,(H,21,22). The van der Waals surface area contributed by atoms with Crippen molar-refractivity contribution in [3.8, 4) is 17.2 Å². The molecule has 0 aliphatic heterocycles. The van der Waals surface area contributed by atoms with Crippen LogP contribution in [0.1, 0.15) is 24.1 Å². The first-order chi connectivity index (χ1) is 11.8. The van der Waals surface area contributed by atoms with Gasteiger partial charge in [-0.1, -0.05) is 12.1 Å². The Labute approximate surface area is 139 Å². The number of hydrogen-bond acceptors (Lipinski definition) is 3. The van der Waals surface area contributed by atoms with E-state index in [2.05, 4.69) is 28.1 Å². The Morgan fingerprint density at radius 3 is 3.04 bits per heavy atom. The number of hydrogen-bond donors (Lipinski definition) is 1. The van der Waals surface area contributed by atoms with Crippen LogP contribution in [0.3, 0.4) is 0 Å². The molecule has 0 radical (unpaired) electrons. The number of pyridine rings is 1. The van der Waals surface area contributed by atoms with Gasteiger partial charge in [0.25, 0.3) is 0 Å². The van der Waals surface area contributed by atoms with Gasteiger partial charge in [-0.3, -0.25) is 4.68 Å². The summed E-state index contributed by atoms with van der Waals surface area (Å²) in [7, 11) is 0. The smallest absolute Gasteiger partial charge is 0.137 e. The second-order valence-corrected chi connectivity index (χ2v) is 5.72. The number of nitrogens with one attached hydrogen (secondary N) is 1. The molecule has 4 aromatic rings. The van der Waals surface area contributed by atoms with E-state index in [-0.39, 0.29) is 6.04 Å². The highest BCUT2D eigenvalue weighted by molar-refractivity contribution is 5.92. The normalized spacial score (nSPS) is 12.2. The molecule has 3 heterocycles. The molecule has 1 atom stereocenters. The van der Waals surface area contributed by atoms with Crippen LogP contribution in [0.25, 0.3) is 22.2 Å². The molecule has 0 spiro atoms. The van der Waals surface area contributed by atoms with Gasteiger partial charge < -0.3 is 4.98 Å². The van der Waals surface area contributed by atoms with E-state index in [1.165, 1.54) is 0 Å². The lowest BCUT2D eigenvalue weighted by molar-refractivity contribution is 0.564. The van der Waals surface area contributed by atoms with Crippen molar-refractivity contribution in [2.45, 2.75) is 13.0 Å². The van der Waals surface area contributed by atoms with Crippen LogP contribution >= 0.6 is 0 Å². The molecule has 116 valence electrons. The molecule has 4 rings (SSSR count). The van der Waals surface area contributed by atoms with Crippen LogP contribution in [-0.4, -0.2) is 19.7 Å². The van der Waals surface area contributed by atoms with Crippen LogP contribution in [0.5, 0.6) is 0 Å². The SMILES string of the molecule is CC(c1cccc(C#N)c1)n1cc(-c2ccnc3[nH]ccc23)cn1. The summed E-state index contributed by atoms with van der Waals surface area (Å²) >= 11 is 0. The topological polar surface area (TPSA) is 70.3 Å². The fourth-order valence-electron chi connectivity index (χ4n) is 2.92. The predicted molar refractivity (Wildman–Crippen MR) is 92.3 cm³/mol. The van der Waals surface area contributed by atoms with E-state index >= 15 is 0 Å². The molecule has 3 aromatic heterocycles. The predicted octanol–water partition coefficient (Wildman–Crippen LogP) is 3.91. The molecular weight excluding hydrogens is 298 g/mol. The van der Waals surface area contributed by atoms with E-state index in [0.29, 0.717) is 5.56 Å². The van der Waals surface area contributed by atoms with Crippen molar-refractivity contribution in [3.63, 3.8) is 0 Å². The molecular formula is C19H15N5. The van der Waals surface area contributed by atoms with Crippen molar-refractivity contribution < 1.29 is 0 Å². The Hall–Kier alpha value is -3.39. The van der Waals surface area contributed by atoms with Crippen LogP contribution in [0.4, 0.5) is 0 Å². The van der Waals surface area contributed by atoms with Gasteiger partial charge in [0.05, 0.1) is 23.9 Å². The third-order valence-electron chi connectivity index (χ3n) is 4.27. The van der Waals surface area contributed by atoms with Crippen molar-refractivity contribution in [3.05, 3.63) is 72.3 Å². The maximum absolute atomic E-state index is 9.07. The first-order valence-corrected chi connectivity index (χ1v) is 7.73. The Bertz CT molecular complexity index is 1050. The van der Waals surface area contributed by atoms with E-state index < -0.39 is 0 Å². The van der Waals surface area contributed by atoms with Crippen LogP contribution in [0, 0.1) is 11.3 Å². The Balaban J connectivity index is 1.72. The average molecular weight is 313 g/mol. The summed E-state index contributed by atoms with van der Waals surface area (Å²) in [6, 6.07) is 13.9. The number of nitriles is 1. The number of rotatable bonds is 3. The first kappa shape index (κ1) is 14.2. The molecule has 0 aliphatic rings. The fraction of sp³-hybridized carbons (Fsp3) is 0.105. The molecule has 0 saturated carbocycles. The molecule has 1 unspecified atom stereocenters. The number of aromatic amines is 1. The monoisotopic (exact) mass is 313 g/mol. The van der Waals surface area contributed by atoms with E-state index in [0.717, 1.165) is 27.7 Å². The van der Waals surface area contributed by atoms with Crippen molar-refractivity contribution in [2.24, 2.45) is 0 Å². The maximum atomic E-state index is 9.07. The minimum atomic E-state index is 0.0515. The minimum absolute atomic E-state index is 0.0515. The second-order valence-electron chi connectivity index (χ2n) is 5.72. The van der Waals surface area contributed by atoms with E-state index in [9.17, 15) is 0 Å². The maximum Gasteiger partial charge on any atom is 0.137 e. The molecule has 1 aromatic carbocycles. The Morgan fingerprint density at radius 2 is 2.17 bits per heavy atom. The van der Waals surface area contributed by atoms with Crippen LogP contribution in [0.2, 0.25) is 0 Å². The Morgan fingerprint density at radius 1 is 1.25 bits per heavy atom. The van der Waals surface area contributed by atoms with Gasteiger partial charge in [-0.15, -0.1) is 0 Å². The summed E-state index contributed by atoms with van der Waals surface area (Å²) in [5.41, 5.74) is 4.74. The summed E-state index contributed by atoms with van der Waals surface area (Å²) < 4.78 is 1.92. The van der Waals surface area contributed by atoms with Crippen molar-refractivity contribution >= 4 is 11.0 Å². The third-order valence-corrected chi connectivity index (χ3v) is 4.27. The quantitative estimate of drug-likeness (QED) is 0.623.